The second kappa shape index (κ2) is 10.0. The summed E-state index contributed by atoms with van der Waals surface area (Å²) in [5.41, 5.74) is 1.93. The van der Waals surface area contributed by atoms with Crippen molar-refractivity contribution >= 4 is 22.7 Å². The van der Waals surface area contributed by atoms with Gasteiger partial charge in [0.25, 0.3) is 5.91 Å². The summed E-state index contributed by atoms with van der Waals surface area (Å²) in [6.07, 6.45) is 4.40. The summed E-state index contributed by atoms with van der Waals surface area (Å²) in [7, 11) is 3.44. The van der Waals surface area contributed by atoms with E-state index < -0.39 is 18.0 Å². The third-order valence-electron chi connectivity index (χ3n) is 5.13. The van der Waals surface area contributed by atoms with Crippen LogP contribution in [0.2, 0.25) is 0 Å². The first-order chi connectivity index (χ1) is 15.3. The van der Waals surface area contributed by atoms with Crippen molar-refractivity contribution in [1.29, 1.82) is 5.26 Å². The van der Waals surface area contributed by atoms with Crippen LogP contribution in [0.3, 0.4) is 0 Å². The number of rotatable bonds is 9. The van der Waals surface area contributed by atoms with Crippen molar-refractivity contribution in [2.24, 2.45) is 13.0 Å². The second-order valence-corrected chi connectivity index (χ2v) is 8.25. The SMILES string of the molecule is COc1cccc2[nH]c(C(=O)N[C@@H](CC(C)C)C(=O)N[C@H](C#N)Cc3c[n+](C)c[nH]3)cc12. The first-order valence-electron chi connectivity index (χ1n) is 10.5. The van der Waals surface area contributed by atoms with Crippen molar-refractivity contribution in [3.8, 4) is 11.8 Å². The topological polar surface area (TPSA) is 127 Å². The van der Waals surface area contributed by atoms with Crippen LogP contribution in [0.1, 0.15) is 36.5 Å². The molecular formula is C23H29N6O3+. The van der Waals surface area contributed by atoms with Gasteiger partial charge in [0.15, 0.2) is 0 Å². The Morgan fingerprint density at radius 1 is 1.28 bits per heavy atom. The van der Waals surface area contributed by atoms with E-state index in [9.17, 15) is 14.9 Å². The van der Waals surface area contributed by atoms with Gasteiger partial charge in [-0.15, -0.1) is 0 Å². The smallest absolute Gasteiger partial charge is 0.268 e. The van der Waals surface area contributed by atoms with Crippen molar-refractivity contribution in [3.05, 3.63) is 48.2 Å². The fourth-order valence-corrected chi connectivity index (χ4v) is 3.60. The Morgan fingerprint density at radius 3 is 2.69 bits per heavy atom. The third kappa shape index (κ3) is 5.46. The Labute approximate surface area is 186 Å². The quantitative estimate of drug-likeness (QED) is 0.380. The maximum atomic E-state index is 13.0. The van der Waals surface area contributed by atoms with Crippen LogP contribution < -0.4 is 19.9 Å². The van der Waals surface area contributed by atoms with E-state index in [-0.39, 0.29) is 11.8 Å². The van der Waals surface area contributed by atoms with Gasteiger partial charge in [0, 0.05) is 17.3 Å². The molecule has 168 valence electrons. The minimum Gasteiger partial charge on any atom is -0.496 e. The van der Waals surface area contributed by atoms with Gasteiger partial charge in [-0.25, -0.2) is 9.55 Å². The molecular weight excluding hydrogens is 408 g/mol. The van der Waals surface area contributed by atoms with Crippen LogP contribution in [0.4, 0.5) is 0 Å². The van der Waals surface area contributed by atoms with Crippen molar-refractivity contribution in [1.82, 2.24) is 20.6 Å². The van der Waals surface area contributed by atoms with Crippen LogP contribution >= 0.6 is 0 Å². The van der Waals surface area contributed by atoms with E-state index in [1.54, 1.807) is 19.5 Å². The molecule has 2 aromatic heterocycles. The number of carbonyl (C=O) groups is 2. The van der Waals surface area contributed by atoms with Crippen LogP contribution in [-0.4, -0.2) is 41.0 Å². The van der Waals surface area contributed by atoms with Crippen molar-refractivity contribution < 1.29 is 18.9 Å². The van der Waals surface area contributed by atoms with Gasteiger partial charge in [-0.1, -0.05) is 19.9 Å². The number of aromatic nitrogens is 3. The molecule has 0 radical (unpaired) electrons. The lowest BCUT2D eigenvalue weighted by molar-refractivity contribution is -0.670. The van der Waals surface area contributed by atoms with Crippen LogP contribution in [-0.2, 0) is 18.3 Å². The summed E-state index contributed by atoms with van der Waals surface area (Å²) in [5.74, 6) is 0.0397. The lowest BCUT2D eigenvalue weighted by Gasteiger charge is -2.21. The normalized spacial score (nSPS) is 12.9. The maximum Gasteiger partial charge on any atom is 0.268 e. The number of carbonyl (C=O) groups excluding carboxylic acids is 2. The molecule has 0 saturated carbocycles. The Bertz CT molecular complexity index is 1140. The van der Waals surface area contributed by atoms with Gasteiger partial charge in [0.05, 0.1) is 20.2 Å². The molecule has 3 rings (SSSR count). The van der Waals surface area contributed by atoms with Gasteiger partial charge in [-0.3, -0.25) is 9.59 Å². The molecule has 4 N–H and O–H groups in total. The molecule has 9 nitrogen and oxygen atoms in total. The molecule has 3 aromatic rings. The molecule has 9 heteroatoms. The molecule has 1 aromatic carbocycles. The zero-order chi connectivity index (χ0) is 23.3. The van der Waals surface area contributed by atoms with Crippen molar-refractivity contribution in [3.63, 3.8) is 0 Å². The number of imidazole rings is 1. The van der Waals surface area contributed by atoms with Crippen LogP contribution in [0.25, 0.3) is 10.9 Å². The molecule has 2 heterocycles. The minimum absolute atomic E-state index is 0.164. The molecule has 0 aliphatic carbocycles. The zero-order valence-corrected chi connectivity index (χ0v) is 18.7. The van der Waals surface area contributed by atoms with Gasteiger partial charge in [0.1, 0.15) is 35.4 Å². The van der Waals surface area contributed by atoms with Gasteiger partial charge in [0.2, 0.25) is 12.2 Å². The number of nitrogens with one attached hydrogen (secondary N) is 4. The Morgan fingerprint density at radius 2 is 2.06 bits per heavy atom. The number of fused-ring (bicyclic) bond motifs is 1. The molecule has 0 spiro atoms. The number of amides is 2. The number of hydrogen-bond acceptors (Lipinski definition) is 4. The predicted molar refractivity (Wildman–Crippen MR) is 119 cm³/mol. The standard InChI is InChI=1S/C23H28N6O3/c1-14(2)8-19(22(30)26-15(11-24)9-16-12-29(3)13-25-16)28-23(31)20-10-17-18(27-20)6-5-7-21(17)32-4/h5-7,10,12-15,19H,8-9H2,1-4H3,(H3,26,27,28,30,31)/p+1/t15-,19-/m0/s1. The molecule has 0 aliphatic heterocycles. The van der Waals surface area contributed by atoms with Crippen molar-refractivity contribution in [2.45, 2.75) is 38.8 Å². The van der Waals surface area contributed by atoms with Gasteiger partial charge >= 0.3 is 0 Å². The predicted octanol–water partition coefficient (Wildman–Crippen LogP) is 1.72. The number of methoxy groups -OCH3 is 1. The lowest BCUT2D eigenvalue weighted by atomic mass is 10.0. The third-order valence-corrected chi connectivity index (χ3v) is 5.13. The number of hydrogen-bond donors (Lipinski definition) is 4. The largest absolute Gasteiger partial charge is 0.496 e. The Balaban J connectivity index is 1.73. The summed E-state index contributed by atoms with van der Waals surface area (Å²) in [5, 5.41) is 15.9. The summed E-state index contributed by atoms with van der Waals surface area (Å²) in [6.45, 7) is 3.95. The van der Waals surface area contributed by atoms with Crippen LogP contribution in [0, 0.1) is 17.2 Å². The van der Waals surface area contributed by atoms with Gasteiger partial charge in [-0.2, -0.15) is 5.26 Å². The first kappa shape index (κ1) is 22.9. The number of nitrogens with zero attached hydrogens (tertiary/aromatic N) is 2. The molecule has 32 heavy (non-hydrogen) atoms. The van der Waals surface area contributed by atoms with E-state index in [1.807, 2.05) is 49.9 Å². The van der Waals surface area contributed by atoms with E-state index >= 15 is 0 Å². The highest BCUT2D eigenvalue weighted by molar-refractivity contribution is 6.01. The Hall–Kier alpha value is -3.80. The molecule has 0 aliphatic rings. The van der Waals surface area contributed by atoms with Crippen LogP contribution in [0.5, 0.6) is 5.75 Å². The molecule has 0 bridgehead atoms. The van der Waals surface area contributed by atoms with E-state index in [2.05, 4.69) is 26.7 Å². The highest BCUT2D eigenvalue weighted by Gasteiger charge is 2.26. The maximum absolute atomic E-state index is 13.0. The van der Waals surface area contributed by atoms with Gasteiger partial charge in [-0.05, 0) is 30.5 Å². The average molecular weight is 438 g/mol. The lowest BCUT2D eigenvalue weighted by Crippen LogP contribution is -2.50. The minimum atomic E-state index is -0.772. The molecule has 0 saturated heterocycles. The average Bonchev–Trinajstić information content (AvgIpc) is 3.38. The van der Waals surface area contributed by atoms with Crippen molar-refractivity contribution in [2.75, 3.05) is 7.11 Å². The number of benzene rings is 1. The number of aromatic amines is 2. The molecule has 0 unspecified atom stereocenters. The summed E-state index contributed by atoms with van der Waals surface area (Å²) in [6, 6.07) is 7.84. The Kier molecular flexibility index (Phi) is 7.15. The summed E-state index contributed by atoms with van der Waals surface area (Å²) >= 11 is 0. The highest BCUT2D eigenvalue weighted by Crippen LogP contribution is 2.26. The summed E-state index contributed by atoms with van der Waals surface area (Å²) in [4.78, 5) is 32.0. The van der Waals surface area contributed by atoms with E-state index in [0.29, 0.717) is 24.3 Å². The monoisotopic (exact) mass is 437 g/mol. The summed E-state index contributed by atoms with van der Waals surface area (Å²) < 4.78 is 7.18. The molecule has 0 fully saturated rings. The number of aryl methyl sites for hydroxylation is 1. The van der Waals surface area contributed by atoms with Gasteiger partial charge < -0.3 is 20.4 Å². The highest BCUT2D eigenvalue weighted by atomic mass is 16.5. The molecule has 2 atom stereocenters. The fraction of sp³-hybridized carbons (Fsp3) is 0.391. The molecule has 2 amide bonds. The number of H-pyrrole nitrogens is 2. The first-order valence-corrected chi connectivity index (χ1v) is 10.5. The zero-order valence-electron chi connectivity index (χ0n) is 18.7. The number of ether oxygens (including phenoxy) is 1. The van der Waals surface area contributed by atoms with E-state index in [1.165, 1.54) is 0 Å². The van der Waals surface area contributed by atoms with E-state index in [4.69, 9.17) is 4.74 Å². The van der Waals surface area contributed by atoms with E-state index in [0.717, 1.165) is 16.6 Å². The second-order valence-electron chi connectivity index (χ2n) is 8.25. The van der Waals surface area contributed by atoms with Crippen LogP contribution in [0.15, 0.2) is 36.8 Å². The fourth-order valence-electron chi connectivity index (χ4n) is 3.60. The number of nitriles is 1.